The lowest BCUT2D eigenvalue weighted by atomic mass is 9.93. The van der Waals surface area contributed by atoms with E-state index in [9.17, 15) is 0 Å². The molecule has 3 aliphatic rings. The Morgan fingerprint density at radius 3 is 2.85 bits per heavy atom. The third-order valence-electron chi connectivity index (χ3n) is 5.58. The molecule has 2 aliphatic heterocycles. The van der Waals surface area contributed by atoms with Crippen LogP contribution in [-0.4, -0.2) is 60.6 Å². The maximum atomic E-state index is 6.31. The molecule has 2 nitrogen and oxygen atoms in total. The number of nitrogens with zero attached hydrogens (tertiary/aromatic N) is 2. The fraction of sp³-hybridized carbons (Fsp3) is 0.524. The molecule has 0 aromatic heterocycles. The van der Waals surface area contributed by atoms with Gasteiger partial charge < -0.3 is 4.90 Å². The van der Waals surface area contributed by atoms with Crippen molar-refractivity contribution in [1.29, 1.82) is 0 Å². The van der Waals surface area contributed by atoms with Crippen molar-refractivity contribution < 1.29 is 0 Å². The second-order valence-corrected chi connectivity index (χ2v) is 10.4. The van der Waals surface area contributed by atoms with Crippen LogP contribution in [0.4, 0.5) is 0 Å². The molecule has 0 radical (unpaired) electrons. The SMILES string of the molecule is CN1CCN(CCSC2CC3C=C(Cl)C=CC3Sc3ccccc32)CC1. The molecule has 1 aromatic rings. The molecule has 5 heteroatoms. The van der Waals surface area contributed by atoms with E-state index in [1.807, 2.05) is 11.8 Å². The number of halogens is 1. The summed E-state index contributed by atoms with van der Waals surface area (Å²) in [4.78, 5) is 6.50. The first-order valence-electron chi connectivity index (χ1n) is 9.52. The van der Waals surface area contributed by atoms with Crippen LogP contribution in [0, 0.1) is 5.92 Å². The van der Waals surface area contributed by atoms with Crippen LogP contribution < -0.4 is 0 Å². The first-order chi connectivity index (χ1) is 12.7. The van der Waals surface area contributed by atoms with E-state index in [1.165, 1.54) is 55.4 Å². The Morgan fingerprint density at radius 1 is 1.19 bits per heavy atom. The van der Waals surface area contributed by atoms with Gasteiger partial charge in [0.1, 0.15) is 0 Å². The third kappa shape index (κ3) is 4.53. The van der Waals surface area contributed by atoms with Crippen molar-refractivity contribution in [2.24, 2.45) is 5.92 Å². The number of thioether (sulfide) groups is 2. The summed E-state index contributed by atoms with van der Waals surface area (Å²) in [6, 6.07) is 9.00. The monoisotopic (exact) mass is 406 g/mol. The van der Waals surface area contributed by atoms with E-state index < -0.39 is 0 Å². The first kappa shape index (κ1) is 18.9. The second-order valence-electron chi connectivity index (χ2n) is 7.43. The molecule has 0 amide bonds. The van der Waals surface area contributed by atoms with Crippen molar-refractivity contribution >= 4 is 35.1 Å². The van der Waals surface area contributed by atoms with E-state index in [2.05, 4.69) is 71.1 Å². The zero-order valence-electron chi connectivity index (χ0n) is 15.3. The molecule has 2 heterocycles. The van der Waals surface area contributed by atoms with Crippen LogP contribution in [0.2, 0.25) is 0 Å². The molecular formula is C21H27ClN2S2. The molecule has 1 saturated heterocycles. The third-order valence-corrected chi connectivity index (χ3v) is 8.50. The van der Waals surface area contributed by atoms with Crippen LogP contribution in [0.3, 0.4) is 0 Å². The Bertz CT molecular complexity index is 682. The second kappa shape index (κ2) is 8.74. The number of hydrogen-bond acceptors (Lipinski definition) is 4. The Balaban J connectivity index is 1.43. The van der Waals surface area contributed by atoms with Crippen LogP contribution in [-0.2, 0) is 0 Å². The van der Waals surface area contributed by atoms with Crippen LogP contribution in [0.1, 0.15) is 17.2 Å². The molecule has 1 aromatic carbocycles. The Hall–Kier alpha value is -0.390. The van der Waals surface area contributed by atoms with Crippen LogP contribution in [0.15, 0.2) is 52.4 Å². The van der Waals surface area contributed by atoms with Gasteiger partial charge in [-0.3, -0.25) is 4.90 Å². The topological polar surface area (TPSA) is 6.48 Å². The molecule has 1 aliphatic carbocycles. The lowest BCUT2D eigenvalue weighted by Gasteiger charge is -2.32. The van der Waals surface area contributed by atoms with Crippen molar-refractivity contribution in [2.75, 3.05) is 45.5 Å². The number of piperazine rings is 1. The van der Waals surface area contributed by atoms with E-state index in [-0.39, 0.29) is 0 Å². The van der Waals surface area contributed by atoms with E-state index in [0.29, 0.717) is 16.4 Å². The number of rotatable bonds is 4. The minimum Gasteiger partial charge on any atom is -0.304 e. The molecule has 3 atom stereocenters. The number of likely N-dealkylation sites (N-methyl/N-ethyl adjacent to an activating group) is 1. The fourth-order valence-corrected chi connectivity index (χ4v) is 6.96. The molecule has 140 valence electrons. The summed E-state index contributed by atoms with van der Waals surface area (Å²) in [6.07, 6.45) is 7.83. The average Bonchev–Trinajstić information content (AvgIpc) is 2.80. The summed E-state index contributed by atoms with van der Waals surface area (Å²) in [5, 5.41) is 1.98. The fourth-order valence-electron chi connectivity index (χ4n) is 3.94. The standard InChI is InChI=1S/C21H27ClN2S2/c1-23-8-10-24(11-9-23)12-13-25-21-15-16-14-17(22)6-7-19(16)26-20-5-3-2-4-18(20)21/h2-7,14,16,19,21H,8-13,15H2,1H3. The maximum absolute atomic E-state index is 6.31. The summed E-state index contributed by atoms with van der Waals surface area (Å²) in [6.45, 7) is 6.03. The molecule has 0 bridgehead atoms. The van der Waals surface area contributed by atoms with E-state index in [0.717, 1.165) is 5.03 Å². The average molecular weight is 407 g/mol. The highest BCUT2D eigenvalue weighted by atomic mass is 35.5. The predicted octanol–water partition coefficient (Wildman–Crippen LogP) is 4.88. The zero-order chi connectivity index (χ0) is 17.9. The summed E-state index contributed by atoms with van der Waals surface area (Å²) in [7, 11) is 2.22. The first-order valence-corrected chi connectivity index (χ1v) is 11.8. The molecule has 0 N–H and O–H groups in total. The molecule has 0 saturated carbocycles. The quantitative estimate of drug-likeness (QED) is 0.702. The Labute approximate surface area is 171 Å². The van der Waals surface area contributed by atoms with Gasteiger partial charge in [0.2, 0.25) is 0 Å². The van der Waals surface area contributed by atoms with Gasteiger partial charge in [-0.15, -0.1) is 11.8 Å². The van der Waals surface area contributed by atoms with Gasteiger partial charge in [-0.1, -0.05) is 42.0 Å². The molecule has 26 heavy (non-hydrogen) atoms. The smallest absolute Gasteiger partial charge is 0.0366 e. The summed E-state index contributed by atoms with van der Waals surface area (Å²) in [5.74, 6) is 1.74. The highest BCUT2D eigenvalue weighted by Crippen LogP contribution is 2.49. The molecule has 3 unspecified atom stereocenters. The number of hydrogen-bond donors (Lipinski definition) is 0. The van der Waals surface area contributed by atoms with Gasteiger partial charge in [0.15, 0.2) is 0 Å². The normalized spacial score (nSPS) is 29.6. The zero-order valence-corrected chi connectivity index (χ0v) is 17.7. The van der Waals surface area contributed by atoms with Crippen molar-refractivity contribution in [3.63, 3.8) is 0 Å². The summed E-state index contributed by atoms with van der Waals surface area (Å²) in [5.41, 5.74) is 1.52. The van der Waals surface area contributed by atoms with Gasteiger partial charge in [-0.25, -0.2) is 0 Å². The van der Waals surface area contributed by atoms with Gasteiger partial charge in [0, 0.05) is 58.9 Å². The summed E-state index contributed by atoms with van der Waals surface area (Å²) < 4.78 is 0. The van der Waals surface area contributed by atoms with Gasteiger partial charge in [-0.2, -0.15) is 11.8 Å². The maximum Gasteiger partial charge on any atom is 0.0366 e. The van der Waals surface area contributed by atoms with Gasteiger partial charge in [-0.05, 0) is 37.1 Å². The van der Waals surface area contributed by atoms with E-state index in [4.69, 9.17) is 11.6 Å². The lowest BCUT2D eigenvalue weighted by Crippen LogP contribution is -2.45. The van der Waals surface area contributed by atoms with E-state index in [1.54, 1.807) is 0 Å². The minimum atomic E-state index is 0.516. The molecule has 1 fully saturated rings. The number of allylic oxidation sites excluding steroid dienone is 3. The van der Waals surface area contributed by atoms with Crippen LogP contribution in [0.5, 0.6) is 0 Å². The largest absolute Gasteiger partial charge is 0.304 e. The Morgan fingerprint density at radius 2 is 2.00 bits per heavy atom. The van der Waals surface area contributed by atoms with Gasteiger partial charge in [0.05, 0.1) is 0 Å². The predicted molar refractivity (Wildman–Crippen MR) is 116 cm³/mol. The van der Waals surface area contributed by atoms with Crippen molar-refractivity contribution in [3.8, 4) is 0 Å². The molecule has 0 spiro atoms. The molecule has 4 rings (SSSR count). The number of fused-ring (bicyclic) bond motifs is 2. The van der Waals surface area contributed by atoms with Gasteiger partial charge in [0.25, 0.3) is 0 Å². The van der Waals surface area contributed by atoms with E-state index >= 15 is 0 Å². The molecular weight excluding hydrogens is 380 g/mol. The Kier molecular flexibility index (Phi) is 6.37. The van der Waals surface area contributed by atoms with Crippen molar-refractivity contribution in [3.05, 3.63) is 53.1 Å². The number of benzene rings is 1. The lowest BCUT2D eigenvalue weighted by molar-refractivity contribution is 0.161. The highest BCUT2D eigenvalue weighted by molar-refractivity contribution is 8.01. The minimum absolute atomic E-state index is 0.516. The highest BCUT2D eigenvalue weighted by Gasteiger charge is 2.31. The summed E-state index contributed by atoms with van der Waals surface area (Å²) >= 11 is 10.5. The van der Waals surface area contributed by atoms with Crippen molar-refractivity contribution in [2.45, 2.75) is 21.8 Å². The van der Waals surface area contributed by atoms with Crippen molar-refractivity contribution in [1.82, 2.24) is 9.80 Å². The van der Waals surface area contributed by atoms with Crippen LogP contribution >= 0.6 is 35.1 Å². The van der Waals surface area contributed by atoms with Gasteiger partial charge >= 0.3 is 0 Å². The van der Waals surface area contributed by atoms with Crippen LogP contribution in [0.25, 0.3) is 0 Å².